The minimum absolute atomic E-state index is 0.0232. The largest absolute Gasteiger partial charge is 0.479 e. The lowest BCUT2D eigenvalue weighted by atomic mass is 10.1. The van der Waals surface area contributed by atoms with Gasteiger partial charge in [0, 0.05) is 62.1 Å². The molecule has 3 aromatic heterocycles. The van der Waals surface area contributed by atoms with Crippen LogP contribution in [0.1, 0.15) is 39.0 Å². The zero-order valence-electron chi connectivity index (χ0n) is 22.7. The van der Waals surface area contributed by atoms with E-state index in [9.17, 15) is 9.59 Å². The molecule has 3 aromatic rings. The molecule has 3 amide bonds. The number of hydrogen-bond acceptors (Lipinski definition) is 8. The fourth-order valence-corrected chi connectivity index (χ4v) is 4.99. The molecule has 0 aromatic carbocycles. The maximum Gasteiger partial charge on any atom is 0.410 e. The maximum atomic E-state index is 13.4. The Kier molecular flexibility index (Phi) is 6.49. The van der Waals surface area contributed by atoms with Crippen LogP contribution in [0.5, 0.6) is 5.88 Å². The number of aromatic nitrogens is 4. The van der Waals surface area contributed by atoms with Crippen molar-refractivity contribution in [3.63, 3.8) is 0 Å². The number of hydrogen-bond donors (Lipinski definition) is 1. The van der Waals surface area contributed by atoms with Crippen molar-refractivity contribution in [2.24, 2.45) is 0 Å². The Bertz CT molecular complexity index is 1380. The molecule has 202 valence electrons. The lowest BCUT2D eigenvalue weighted by Crippen LogP contribution is -2.55. The number of methoxy groups -OCH3 is 1. The van der Waals surface area contributed by atoms with Crippen molar-refractivity contribution in [2.45, 2.75) is 52.7 Å². The molecule has 2 aliphatic rings. The Hall–Kier alpha value is -4.09. The number of pyridine rings is 1. The van der Waals surface area contributed by atoms with Crippen LogP contribution >= 0.6 is 0 Å². The van der Waals surface area contributed by atoms with Crippen LogP contribution in [-0.4, -0.2) is 81.3 Å². The predicted octanol–water partition coefficient (Wildman–Crippen LogP) is 3.48. The SMILES string of the molecule is COc1nc2nc(C)cn2cc1NC(=O)N1CCc2c(N3CCN(C(=O)OC(C)(C)C)[C@@H](C)C3)ccnc21. The van der Waals surface area contributed by atoms with Crippen LogP contribution in [0.2, 0.25) is 0 Å². The van der Waals surface area contributed by atoms with E-state index in [-0.39, 0.29) is 24.0 Å². The summed E-state index contributed by atoms with van der Waals surface area (Å²) in [7, 11) is 1.51. The van der Waals surface area contributed by atoms with E-state index < -0.39 is 5.60 Å². The monoisotopic (exact) mass is 522 g/mol. The summed E-state index contributed by atoms with van der Waals surface area (Å²) < 4.78 is 12.7. The number of rotatable bonds is 3. The molecule has 1 saturated heterocycles. The summed E-state index contributed by atoms with van der Waals surface area (Å²) in [6.07, 6.45) is 5.70. The van der Waals surface area contributed by atoms with Crippen molar-refractivity contribution in [1.29, 1.82) is 0 Å². The Morgan fingerprint density at radius 1 is 1.13 bits per heavy atom. The highest BCUT2D eigenvalue weighted by molar-refractivity contribution is 6.03. The molecule has 38 heavy (non-hydrogen) atoms. The van der Waals surface area contributed by atoms with Crippen LogP contribution in [0.3, 0.4) is 0 Å². The summed E-state index contributed by atoms with van der Waals surface area (Å²) in [6, 6.07) is 1.65. The van der Waals surface area contributed by atoms with E-state index in [1.165, 1.54) is 7.11 Å². The number of nitrogens with one attached hydrogen (secondary N) is 1. The average Bonchev–Trinajstić information content (AvgIpc) is 3.44. The van der Waals surface area contributed by atoms with Crippen LogP contribution < -0.4 is 19.9 Å². The van der Waals surface area contributed by atoms with Crippen LogP contribution in [0.25, 0.3) is 5.78 Å². The van der Waals surface area contributed by atoms with Gasteiger partial charge >= 0.3 is 12.1 Å². The molecule has 0 radical (unpaired) electrons. The molecule has 1 fully saturated rings. The van der Waals surface area contributed by atoms with Crippen molar-refractivity contribution < 1.29 is 19.1 Å². The van der Waals surface area contributed by atoms with Crippen LogP contribution in [0.15, 0.2) is 24.7 Å². The predicted molar refractivity (Wildman–Crippen MR) is 143 cm³/mol. The van der Waals surface area contributed by atoms with Crippen LogP contribution in [0, 0.1) is 6.92 Å². The van der Waals surface area contributed by atoms with Gasteiger partial charge in [0.1, 0.15) is 17.1 Å². The molecule has 0 spiro atoms. The van der Waals surface area contributed by atoms with E-state index >= 15 is 0 Å². The number of amides is 3. The summed E-state index contributed by atoms with van der Waals surface area (Å²) in [5.41, 5.74) is 2.78. The normalized spacial score (nSPS) is 17.5. The van der Waals surface area contributed by atoms with Gasteiger partial charge in [0.2, 0.25) is 11.7 Å². The molecule has 0 aliphatic carbocycles. The lowest BCUT2D eigenvalue weighted by Gasteiger charge is -2.41. The number of carbonyl (C=O) groups is 2. The molecule has 5 rings (SSSR count). The van der Waals surface area contributed by atoms with Crippen molar-refractivity contribution in [3.05, 3.63) is 35.9 Å². The molecule has 0 unspecified atom stereocenters. The molecule has 2 aliphatic heterocycles. The van der Waals surface area contributed by atoms with Gasteiger partial charge in [-0.1, -0.05) is 0 Å². The first-order chi connectivity index (χ1) is 18.0. The number of ether oxygens (including phenoxy) is 2. The van der Waals surface area contributed by atoms with Crippen molar-refractivity contribution in [3.8, 4) is 5.88 Å². The topological polar surface area (TPSA) is 117 Å². The Morgan fingerprint density at radius 3 is 2.63 bits per heavy atom. The number of carbonyl (C=O) groups excluding carboxylic acids is 2. The van der Waals surface area contributed by atoms with Crippen molar-refractivity contribution in [1.82, 2.24) is 24.3 Å². The number of aryl methyl sites for hydroxylation is 1. The lowest BCUT2D eigenvalue weighted by molar-refractivity contribution is 0.0159. The Morgan fingerprint density at radius 2 is 1.92 bits per heavy atom. The number of piperazine rings is 1. The molecule has 0 bridgehead atoms. The fourth-order valence-electron chi connectivity index (χ4n) is 4.99. The highest BCUT2D eigenvalue weighted by Gasteiger charge is 2.34. The van der Waals surface area contributed by atoms with Gasteiger partial charge in [0.25, 0.3) is 0 Å². The third-order valence-electron chi connectivity index (χ3n) is 6.66. The summed E-state index contributed by atoms with van der Waals surface area (Å²) in [4.78, 5) is 45.0. The highest BCUT2D eigenvalue weighted by atomic mass is 16.6. The molecule has 5 heterocycles. The van der Waals surface area contributed by atoms with E-state index in [2.05, 4.69) is 25.2 Å². The number of anilines is 3. The van der Waals surface area contributed by atoms with Crippen LogP contribution in [-0.2, 0) is 11.2 Å². The quantitative estimate of drug-likeness (QED) is 0.556. The number of fused-ring (bicyclic) bond motifs is 2. The zero-order valence-corrected chi connectivity index (χ0v) is 22.7. The van der Waals surface area contributed by atoms with E-state index in [4.69, 9.17) is 9.47 Å². The molecular weight excluding hydrogens is 488 g/mol. The first-order valence-electron chi connectivity index (χ1n) is 12.8. The van der Waals surface area contributed by atoms with Crippen molar-refractivity contribution in [2.75, 3.05) is 48.4 Å². The zero-order chi connectivity index (χ0) is 27.2. The molecule has 1 N–H and O–H groups in total. The van der Waals surface area contributed by atoms with Crippen molar-refractivity contribution >= 4 is 35.1 Å². The Balaban J connectivity index is 1.32. The summed E-state index contributed by atoms with van der Waals surface area (Å²) >= 11 is 0. The highest BCUT2D eigenvalue weighted by Crippen LogP contribution is 2.35. The summed E-state index contributed by atoms with van der Waals surface area (Å²) in [5, 5.41) is 2.93. The van der Waals surface area contributed by atoms with E-state index in [0.717, 1.165) is 16.9 Å². The minimum Gasteiger partial charge on any atom is -0.479 e. The second-order valence-corrected chi connectivity index (χ2v) is 10.7. The third-order valence-corrected chi connectivity index (χ3v) is 6.66. The van der Waals surface area contributed by atoms with Gasteiger partial charge in [-0.05, 0) is 47.1 Å². The first kappa shape index (κ1) is 25.6. The molecule has 12 nitrogen and oxygen atoms in total. The second-order valence-electron chi connectivity index (χ2n) is 10.7. The molecular formula is C26H34N8O4. The number of urea groups is 1. The third kappa shape index (κ3) is 4.90. The number of nitrogens with zero attached hydrogens (tertiary/aromatic N) is 7. The van der Waals surface area contributed by atoms with Crippen LogP contribution in [0.4, 0.5) is 26.8 Å². The van der Waals surface area contributed by atoms with Gasteiger partial charge in [-0.2, -0.15) is 4.98 Å². The smallest absolute Gasteiger partial charge is 0.410 e. The van der Waals surface area contributed by atoms with E-state index in [0.29, 0.717) is 49.9 Å². The Labute approximate surface area is 221 Å². The first-order valence-corrected chi connectivity index (χ1v) is 12.8. The van der Waals surface area contributed by atoms with Gasteiger partial charge in [-0.25, -0.2) is 19.6 Å². The molecule has 1 atom stereocenters. The van der Waals surface area contributed by atoms with Gasteiger partial charge in [0.15, 0.2) is 0 Å². The second kappa shape index (κ2) is 9.66. The van der Waals surface area contributed by atoms with Gasteiger partial charge < -0.3 is 24.6 Å². The fraction of sp³-hybridized carbons (Fsp3) is 0.500. The molecule has 12 heteroatoms. The maximum absolute atomic E-state index is 13.4. The minimum atomic E-state index is -0.534. The molecule has 0 saturated carbocycles. The van der Waals surface area contributed by atoms with Gasteiger partial charge in [-0.15, -0.1) is 0 Å². The summed E-state index contributed by atoms with van der Waals surface area (Å²) in [6.45, 7) is 11.9. The van der Waals surface area contributed by atoms with Gasteiger partial charge in [-0.3, -0.25) is 9.30 Å². The summed E-state index contributed by atoms with van der Waals surface area (Å²) in [5.74, 6) is 1.42. The number of imidazole rings is 1. The van der Waals surface area contributed by atoms with Gasteiger partial charge in [0.05, 0.1) is 12.8 Å². The van der Waals surface area contributed by atoms with E-state index in [1.54, 1.807) is 26.6 Å². The van der Waals surface area contributed by atoms with E-state index in [1.807, 2.05) is 46.9 Å². The average molecular weight is 523 g/mol. The standard InChI is InChI=1S/C26H34N8O4/c1-16-13-32-15-19(22(37-6)30-23(32)28-16)29-24(35)34-10-8-18-20(7-9-27-21(18)34)31-11-12-33(17(2)14-31)25(36)38-26(3,4)5/h7,9,13,15,17H,8,10-12,14H2,1-6H3,(H,29,35)/t17-/m0/s1.